The molecule has 8 nitrogen and oxygen atoms in total. The SMILES string of the molecule is C=C/C(=C\C(=C/C)c1ccc2[nH]nc(-c3nc4c(N=CN)cncc4[nH]3)c2c1)NC(=C)C(C)(C)C. The van der Waals surface area contributed by atoms with Crippen molar-refractivity contribution in [1.82, 2.24) is 30.5 Å². The highest BCUT2D eigenvalue weighted by Crippen LogP contribution is 2.31. The highest BCUT2D eigenvalue weighted by molar-refractivity contribution is 5.97. The minimum atomic E-state index is -0.0692. The molecule has 0 fully saturated rings. The normalized spacial score (nSPS) is 13.1. The molecule has 0 unspecified atom stereocenters. The van der Waals surface area contributed by atoms with Gasteiger partial charge < -0.3 is 16.0 Å². The van der Waals surface area contributed by atoms with Crippen molar-refractivity contribution in [2.75, 3.05) is 0 Å². The van der Waals surface area contributed by atoms with Crippen molar-refractivity contribution in [3.8, 4) is 11.5 Å². The van der Waals surface area contributed by atoms with E-state index < -0.39 is 0 Å². The van der Waals surface area contributed by atoms with Gasteiger partial charge in [0.05, 0.1) is 29.8 Å². The molecule has 0 saturated carbocycles. The van der Waals surface area contributed by atoms with Crippen LogP contribution in [0.2, 0.25) is 0 Å². The molecule has 0 spiro atoms. The summed E-state index contributed by atoms with van der Waals surface area (Å²) in [6.45, 7) is 16.5. The molecule has 178 valence electrons. The summed E-state index contributed by atoms with van der Waals surface area (Å²) in [6.07, 6.45) is 10.5. The fourth-order valence-electron chi connectivity index (χ4n) is 3.59. The summed E-state index contributed by atoms with van der Waals surface area (Å²) in [7, 11) is 0. The molecule has 4 aromatic rings. The number of nitrogens with zero attached hydrogens (tertiary/aromatic N) is 4. The number of aliphatic imine (C=N–C) groups is 1. The van der Waals surface area contributed by atoms with E-state index in [9.17, 15) is 0 Å². The second-order valence-electron chi connectivity index (χ2n) is 9.15. The van der Waals surface area contributed by atoms with Crippen molar-refractivity contribution in [1.29, 1.82) is 0 Å². The molecule has 3 heterocycles. The predicted molar refractivity (Wildman–Crippen MR) is 145 cm³/mol. The molecule has 8 heteroatoms. The monoisotopic (exact) mass is 466 g/mol. The van der Waals surface area contributed by atoms with Crippen LogP contribution in [-0.4, -0.2) is 31.5 Å². The standard InChI is InChI=1S/C27H30N8/c1-7-17(11-19(8-2)31-16(3)27(4,5)6)18-9-10-21-20(12-18)24(35-34-21)26-32-23-14-29-13-22(30-15-28)25(23)33-26/h7-15,31H,2-3H2,1,4-6H3,(H2,28,30)(H,32,33)(H,34,35)/b17-7+,19-11+. The van der Waals surface area contributed by atoms with Gasteiger partial charge in [-0.05, 0) is 42.3 Å². The Balaban J connectivity index is 1.75. The van der Waals surface area contributed by atoms with E-state index in [4.69, 9.17) is 10.7 Å². The molecule has 5 N–H and O–H groups in total. The number of imidazole rings is 1. The summed E-state index contributed by atoms with van der Waals surface area (Å²) in [4.78, 5) is 16.4. The fourth-order valence-corrected chi connectivity index (χ4v) is 3.59. The molecule has 0 saturated heterocycles. The summed E-state index contributed by atoms with van der Waals surface area (Å²) in [5, 5.41) is 12.0. The van der Waals surface area contributed by atoms with Gasteiger partial charge in [0.1, 0.15) is 16.9 Å². The zero-order valence-electron chi connectivity index (χ0n) is 20.5. The van der Waals surface area contributed by atoms with Crippen LogP contribution in [0, 0.1) is 5.41 Å². The van der Waals surface area contributed by atoms with Crippen molar-refractivity contribution in [2.45, 2.75) is 27.7 Å². The first-order valence-electron chi connectivity index (χ1n) is 11.3. The zero-order valence-corrected chi connectivity index (χ0v) is 20.5. The Morgan fingerprint density at radius 2 is 2.00 bits per heavy atom. The van der Waals surface area contributed by atoms with E-state index in [1.54, 1.807) is 18.5 Å². The van der Waals surface area contributed by atoms with Crippen LogP contribution in [0.4, 0.5) is 5.69 Å². The maximum absolute atomic E-state index is 5.48. The van der Waals surface area contributed by atoms with Gasteiger partial charge in [0.25, 0.3) is 0 Å². The average molecular weight is 467 g/mol. The number of pyridine rings is 1. The van der Waals surface area contributed by atoms with Crippen LogP contribution >= 0.6 is 0 Å². The number of hydrogen-bond donors (Lipinski definition) is 4. The van der Waals surface area contributed by atoms with Crippen molar-refractivity contribution in [3.05, 3.63) is 78.9 Å². The van der Waals surface area contributed by atoms with Crippen molar-refractivity contribution in [2.24, 2.45) is 16.1 Å². The molecule has 0 aliphatic heterocycles. The molecular weight excluding hydrogens is 436 g/mol. The summed E-state index contributed by atoms with van der Waals surface area (Å²) >= 11 is 0. The van der Waals surface area contributed by atoms with Gasteiger partial charge >= 0.3 is 0 Å². The molecule has 35 heavy (non-hydrogen) atoms. The second-order valence-corrected chi connectivity index (χ2v) is 9.15. The van der Waals surface area contributed by atoms with Gasteiger partial charge in [0.15, 0.2) is 5.82 Å². The van der Waals surface area contributed by atoms with E-state index in [2.05, 4.69) is 88.7 Å². The first-order valence-corrected chi connectivity index (χ1v) is 11.3. The topological polar surface area (TPSA) is 121 Å². The quantitative estimate of drug-likeness (QED) is 0.157. The Labute approximate surface area is 204 Å². The highest BCUT2D eigenvalue weighted by atomic mass is 15.1. The molecule has 0 atom stereocenters. The summed E-state index contributed by atoms with van der Waals surface area (Å²) in [6, 6.07) is 6.18. The Morgan fingerprint density at radius 1 is 1.20 bits per heavy atom. The summed E-state index contributed by atoms with van der Waals surface area (Å²) < 4.78 is 0. The highest BCUT2D eigenvalue weighted by Gasteiger charge is 2.17. The third kappa shape index (κ3) is 4.77. The first-order chi connectivity index (χ1) is 16.7. The number of nitrogens with one attached hydrogen (secondary N) is 3. The third-order valence-corrected chi connectivity index (χ3v) is 5.75. The maximum atomic E-state index is 5.48. The lowest BCUT2D eigenvalue weighted by Crippen LogP contribution is -2.22. The van der Waals surface area contributed by atoms with Crippen LogP contribution in [0.3, 0.4) is 0 Å². The van der Waals surface area contributed by atoms with Crippen LogP contribution < -0.4 is 11.1 Å². The lowest BCUT2D eigenvalue weighted by atomic mass is 9.92. The van der Waals surface area contributed by atoms with E-state index >= 15 is 0 Å². The number of allylic oxidation sites excluding steroid dienone is 5. The van der Waals surface area contributed by atoms with Gasteiger partial charge in [-0.2, -0.15) is 5.10 Å². The van der Waals surface area contributed by atoms with E-state index in [1.165, 1.54) is 6.34 Å². The maximum Gasteiger partial charge on any atom is 0.159 e. The van der Waals surface area contributed by atoms with Gasteiger partial charge in [-0.3, -0.25) is 10.1 Å². The molecule has 3 aromatic heterocycles. The summed E-state index contributed by atoms with van der Waals surface area (Å²) in [5.41, 5.74) is 12.9. The molecule has 4 rings (SSSR count). The van der Waals surface area contributed by atoms with Gasteiger partial charge in [0.2, 0.25) is 0 Å². The predicted octanol–water partition coefficient (Wildman–Crippen LogP) is 5.74. The number of benzene rings is 1. The van der Waals surface area contributed by atoms with Crippen LogP contribution in [0.25, 0.3) is 39.0 Å². The minimum absolute atomic E-state index is 0.0692. The third-order valence-electron chi connectivity index (χ3n) is 5.75. The fraction of sp³-hybridized carbons (Fsp3) is 0.185. The van der Waals surface area contributed by atoms with E-state index in [0.717, 1.165) is 39.0 Å². The number of nitrogens with two attached hydrogens (primary N) is 1. The Hall–Kier alpha value is -4.46. The van der Waals surface area contributed by atoms with Crippen LogP contribution in [-0.2, 0) is 0 Å². The van der Waals surface area contributed by atoms with Gasteiger partial charge in [-0.1, -0.05) is 46.1 Å². The molecule has 0 aliphatic rings. The van der Waals surface area contributed by atoms with Crippen molar-refractivity contribution >= 4 is 39.5 Å². The van der Waals surface area contributed by atoms with Gasteiger partial charge in [-0.25, -0.2) is 9.98 Å². The van der Waals surface area contributed by atoms with Gasteiger partial charge in [0, 0.05) is 22.2 Å². The van der Waals surface area contributed by atoms with Gasteiger partial charge in [-0.15, -0.1) is 0 Å². The van der Waals surface area contributed by atoms with E-state index in [-0.39, 0.29) is 5.41 Å². The molecular formula is C27H30N8. The van der Waals surface area contributed by atoms with Crippen LogP contribution in [0.5, 0.6) is 0 Å². The largest absolute Gasteiger partial charge is 0.390 e. The summed E-state index contributed by atoms with van der Waals surface area (Å²) in [5.74, 6) is 0.623. The molecule has 0 radical (unpaired) electrons. The smallest absolute Gasteiger partial charge is 0.159 e. The molecule has 0 aliphatic carbocycles. The van der Waals surface area contributed by atoms with Crippen molar-refractivity contribution < 1.29 is 0 Å². The van der Waals surface area contributed by atoms with Crippen molar-refractivity contribution in [3.63, 3.8) is 0 Å². The number of aromatic amines is 2. The number of aromatic nitrogens is 5. The Bertz CT molecular complexity index is 1510. The second kappa shape index (κ2) is 9.42. The van der Waals surface area contributed by atoms with E-state index in [1.807, 2.05) is 13.0 Å². The number of fused-ring (bicyclic) bond motifs is 2. The number of hydrogen-bond acceptors (Lipinski definition) is 5. The molecule has 1 aromatic carbocycles. The number of H-pyrrole nitrogens is 2. The lowest BCUT2D eigenvalue weighted by molar-refractivity contribution is 0.478. The molecule has 0 amide bonds. The van der Waals surface area contributed by atoms with Crippen LogP contribution in [0.1, 0.15) is 33.3 Å². The lowest BCUT2D eigenvalue weighted by Gasteiger charge is -2.24. The minimum Gasteiger partial charge on any atom is -0.390 e. The average Bonchev–Trinajstić information content (AvgIpc) is 3.45. The Kier molecular flexibility index (Phi) is 6.38. The number of rotatable bonds is 7. The zero-order chi connectivity index (χ0) is 25.2. The molecule has 0 bridgehead atoms. The van der Waals surface area contributed by atoms with Crippen LogP contribution in [0.15, 0.2) is 78.4 Å². The van der Waals surface area contributed by atoms with E-state index in [0.29, 0.717) is 22.7 Å². The first kappa shape index (κ1) is 23.7. The Morgan fingerprint density at radius 3 is 2.69 bits per heavy atom.